The maximum atomic E-state index is 12.5. The van der Waals surface area contributed by atoms with E-state index in [1.54, 1.807) is 0 Å². The van der Waals surface area contributed by atoms with Gasteiger partial charge in [-0.25, -0.2) is 4.79 Å². The predicted octanol–water partition coefficient (Wildman–Crippen LogP) is 2.61. The summed E-state index contributed by atoms with van der Waals surface area (Å²) < 4.78 is 39.8. The normalized spacial score (nSPS) is 23.1. The van der Waals surface area contributed by atoms with Gasteiger partial charge in [0.05, 0.1) is 11.8 Å². The molecule has 2 aromatic rings. The second-order valence-electron chi connectivity index (χ2n) is 8.35. The van der Waals surface area contributed by atoms with Gasteiger partial charge in [0.2, 0.25) is 0 Å². The molecule has 8 nitrogen and oxygen atoms in total. The summed E-state index contributed by atoms with van der Waals surface area (Å²) in [5, 5.41) is 14.6. The Bertz CT molecular complexity index is 951. The fourth-order valence-corrected chi connectivity index (χ4v) is 4.17. The van der Waals surface area contributed by atoms with Crippen LogP contribution < -0.4 is 5.32 Å². The highest BCUT2D eigenvalue weighted by Gasteiger charge is 2.43. The Hall–Kier alpha value is -2.92. The number of amides is 1. The number of halogens is 3. The van der Waals surface area contributed by atoms with E-state index in [1.807, 2.05) is 48.3 Å². The number of hydrogen-bond donors (Lipinski definition) is 2. The van der Waals surface area contributed by atoms with Crippen molar-refractivity contribution in [3.63, 3.8) is 0 Å². The van der Waals surface area contributed by atoms with E-state index in [1.165, 1.54) is 5.56 Å². The third-order valence-electron chi connectivity index (χ3n) is 5.67. The van der Waals surface area contributed by atoms with Crippen LogP contribution in [0.3, 0.4) is 0 Å². The molecule has 1 spiro atoms. The average molecular weight is 468 g/mol. The number of carbonyl (C=O) groups excluding carboxylic acids is 1. The Morgan fingerprint density at radius 1 is 1.30 bits per heavy atom. The van der Waals surface area contributed by atoms with Crippen LogP contribution in [-0.2, 0) is 23.1 Å². The van der Waals surface area contributed by atoms with E-state index in [2.05, 4.69) is 21.5 Å². The first-order valence-corrected chi connectivity index (χ1v) is 10.6. The molecule has 1 amide bonds. The molecular weight excluding hydrogens is 441 g/mol. The number of carboxylic acid groups (broad SMARTS) is 1. The van der Waals surface area contributed by atoms with Crippen LogP contribution in [-0.4, -0.2) is 69.2 Å². The fraction of sp³-hybridized carbons (Fsp3) is 0.500. The minimum Gasteiger partial charge on any atom is -0.475 e. The van der Waals surface area contributed by atoms with Crippen molar-refractivity contribution in [1.82, 2.24) is 20.0 Å². The van der Waals surface area contributed by atoms with Crippen LogP contribution in [0.25, 0.3) is 0 Å². The molecule has 0 saturated carbocycles. The lowest BCUT2D eigenvalue weighted by Gasteiger charge is -2.38. The summed E-state index contributed by atoms with van der Waals surface area (Å²) in [5.41, 5.74) is 1.82. The van der Waals surface area contributed by atoms with Crippen LogP contribution in [0.2, 0.25) is 0 Å². The first kappa shape index (κ1) is 24.7. The molecule has 4 rings (SSSR count). The van der Waals surface area contributed by atoms with Crippen molar-refractivity contribution in [1.29, 1.82) is 0 Å². The van der Waals surface area contributed by atoms with E-state index in [0.717, 1.165) is 44.5 Å². The molecule has 1 aromatic heterocycles. The lowest BCUT2D eigenvalue weighted by molar-refractivity contribution is -0.192. The Morgan fingerprint density at radius 3 is 2.61 bits per heavy atom. The number of hydrogen-bond acceptors (Lipinski definition) is 5. The molecule has 2 saturated heterocycles. The molecule has 2 aliphatic rings. The van der Waals surface area contributed by atoms with E-state index in [0.29, 0.717) is 6.61 Å². The number of nitrogens with one attached hydrogen (secondary N) is 1. The predicted molar refractivity (Wildman–Crippen MR) is 112 cm³/mol. The van der Waals surface area contributed by atoms with Crippen molar-refractivity contribution in [2.45, 2.75) is 43.6 Å². The first-order chi connectivity index (χ1) is 15.6. The van der Waals surface area contributed by atoms with Gasteiger partial charge in [0.1, 0.15) is 0 Å². The summed E-state index contributed by atoms with van der Waals surface area (Å²) in [6, 6.07) is 9.61. The van der Waals surface area contributed by atoms with Crippen molar-refractivity contribution in [2.24, 2.45) is 7.05 Å². The fourth-order valence-electron chi connectivity index (χ4n) is 4.17. The number of aryl methyl sites for hydroxylation is 1. The number of aliphatic carboxylic acids is 1. The van der Waals surface area contributed by atoms with E-state index < -0.39 is 12.1 Å². The van der Waals surface area contributed by atoms with Crippen LogP contribution in [0, 0.1) is 0 Å². The summed E-state index contributed by atoms with van der Waals surface area (Å²) in [5.74, 6) is -2.75. The van der Waals surface area contributed by atoms with Crippen molar-refractivity contribution < 1.29 is 32.6 Å². The summed E-state index contributed by atoms with van der Waals surface area (Å²) in [4.78, 5) is 23.8. The molecule has 0 unspecified atom stereocenters. The van der Waals surface area contributed by atoms with Gasteiger partial charge in [-0.15, -0.1) is 0 Å². The zero-order chi connectivity index (χ0) is 24.1. The lowest BCUT2D eigenvalue weighted by atomic mass is 9.89. The van der Waals surface area contributed by atoms with Crippen LogP contribution in [0.4, 0.5) is 13.2 Å². The molecule has 2 atom stereocenters. The molecule has 2 fully saturated rings. The maximum absolute atomic E-state index is 12.5. The molecular formula is C22H27F3N4O4. The molecule has 180 valence electrons. The summed E-state index contributed by atoms with van der Waals surface area (Å²) in [6.45, 7) is 3.55. The Labute approximate surface area is 189 Å². The quantitative estimate of drug-likeness (QED) is 0.716. The Kier molecular flexibility index (Phi) is 7.75. The van der Waals surface area contributed by atoms with E-state index >= 15 is 0 Å². The number of aromatic nitrogens is 2. The van der Waals surface area contributed by atoms with Crippen molar-refractivity contribution in [2.75, 3.05) is 19.7 Å². The van der Waals surface area contributed by atoms with E-state index in [9.17, 15) is 18.0 Å². The number of carbonyl (C=O) groups is 2. The number of nitrogens with zero attached hydrogens (tertiary/aromatic N) is 3. The average Bonchev–Trinajstić information content (AvgIpc) is 3.34. The highest BCUT2D eigenvalue weighted by atomic mass is 19.4. The first-order valence-electron chi connectivity index (χ1n) is 10.6. The SMILES string of the molecule is Cn1cc(CN2CC[C@@]3(C[C@H](NC(=O)c4ccccc4)CCO3)C2)cn1.O=C(O)C(F)(F)F. The zero-order valence-corrected chi connectivity index (χ0v) is 18.2. The standard InChI is InChI=1S/C20H26N4O2.C2HF3O2/c1-23-13-16(12-21-23)14-24-9-8-20(15-24)11-18(7-10-26-20)22-19(25)17-5-3-2-4-6-17;3-2(4,5)1(6)7/h2-6,12-13,18H,7-11,14-15H2,1H3,(H,22,25);(H,6,7)/t18-,20-;/m1./s1. The van der Waals surface area contributed by atoms with Crippen molar-refractivity contribution in [3.05, 3.63) is 53.9 Å². The minimum absolute atomic E-state index is 0.0119. The summed E-state index contributed by atoms with van der Waals surface area (Å²) in [6.07, 6.45) is 1.69. The number of benzene rings is 1. The largest absolute Gasteiger partial charge is 0.490 e. The summed E-state index contributed by atoms with van der Waals surface area (Å²) >= 11 is 0. The van der Waals surface area contributed by atoms with Gasteiger partial charge in [-0.1, -0.05) is 18.2 Å². The molecule has 3 heterocycles. The number of ether oxygens (including phenoxy) is 1. The maximum Gasteiger partial charge on any atom is 0.490 e. The van der Waals surface area contributed by atoms with Crippen LogP contribution >= 0.6 is 0 Å². The smallest absolute Gasteiger partial charge is 0.475 e. The monoisotopic (exact) mass is 468 g/mol. The molecule has 2 N–H and O–H groups in total. The van der Waals surface area contributed by atoms with Gasteiger partial charge in [-0.05, 0) is 31.4 Å². The lowest BCUT2D eigenvalue weighted by Crippen LogP contribution is -2.49. The number of carboxylic acids is 1. The van der Waals surface area contributed by atoms with Gasteiger partial charge in [0.25, 0.3) is 5.91 Å². The number of rotatable bonds is 4. The van der Waals surface area contributed by atoms with Crippen LogP contribution in [0.5, 0.6) is 0 Å². The third kappa shape index (κ3) is 7.03. The van der Waals surface area contributed by atoms with Gasteiger partial charge >= 0.3 is 12.1 Å². The zero-order valence-electron chi connectivity index (χ0n) is 18.2. The molecule has 2 aliphatic heterocycles. The van der Waals surface area contributed by atoms with Crippen molar-refractivity contribution in [3.8, 4) is 0 Å². The minimum atomic E-state index is -5.08. The van der Waals surface area contributed by atoms with Crippen LogP contribution in [0.15, 0.2) is 42.7 Å². The Balaban J connectivity index is 0.000000383. The van der Waals surface area contributed by atoms with Gasteiger partial charge in [0.15, 0.2) is 0 Å². The molecule has 0 bridgehead atoms. The van der Waals surface area contributed by atoms with Crippen LogP contribution in [0.1, 0.15) is 35.2 Å². The molecule has 0 aliphatic carbocycles. The number of likely N-dealkylation sites (tertiary alicyclic amines) is 1. The highest BCUT2D eigenvalue weighted by molar-refractivity contribution is 5.94. The topological polar surface area (TPSA) is 96.7 Å². The summed E-state index contributed by atoms with van der Waals surface area (Å²) in [7, 11) is 1.94. The highest BCUT2D eigenvalue weighted by Crippen LogP contribution is 2.35. The molecule has 0 radical (unpaired) electrons. The molecule has 11 heteroatoms. The Morgan fingerprint density at radius 2 is 2.00 bits per heavy atom. The van der Waals surface area contributed by atoms with Gasteiger partial charge in [-0.2, -0.15) is 18.3 Å². The van der Waals surface area contributed by atoms with Gasteiger partial charge < -0.3 is 15.2 Å². The molecule has 1 aromatic carbocycles. The molecule has 33 heavy (non-hydrogen) atoms. The van der Waals surface area contributed by atoms with E-state index in [4.69, 9.17) is 14.6 Å². The van der Waals surface area contributed by atoms with Gasteiger partial charge in [0, 0.05) is 56.7 Å². The van der Waals surface area contributed by atoms with Crippen molar-refractivity contribution >= 4 is 11.9 Å². The van der Waals surface area contributed by atoms with E-state index in [-0.39, 0.29) is 17.6 Å². The number of alkyl halides is 3. The second kappa shape index (κ2) is 10.3. The second-order valence-corrected chi connectivity index (χ2v) is 8.35. The van der Waals surface area contributed by atoms with Gasteiger partial charge in [-0.3, -0.25) is 14.4 Å². The third-order valence-corrected chi connectivity index (χ3v) is 5.67.